The molecule has 1 unspecified atom stereocenters. The number of carbonyl (C=O) groups is 3. The van der Waals surface area contributed by atoms with Gasteiger partial charge in [-0.2, -0.15) is 0 Å². The Morgan fingerprint density at radius 2 is 2.00 bits per heavy atom. The van der Waals surface area contributed by atoms with Crippen molar-refractivity contribution in [3.8, 4) is 0 Å². The van der Waals surface area contributed by atoms with Gasteiger partial charge in [0.05, 0.1) is 12.7 Å². The van der Waals surface area contributed by atoms with Crippen LogP contribution < -0.4 is 0 Å². The Labute approximate surface area is 123 Å². The van der Waals surface area contributed by atoms with Crippen LogP contribution in [0.1, 0.15) is 26.7 Å². The number of amides is 2. The molecule has 0 radical (unpaired) electrons. The van der Waals surface area contributed by atoms with Crippen molar-refractivity contribution < 1.29 is 29.3 Å². The van der Waals surface area contributed by atoms with Crippen molar-refractivity contribution in [3.63, 3.8) is 0 Å². The normalized spacial score (nSPS) is 21.2. The number of hydrogen-bond donors (Lipinski definition) is 2. The zero-order chi connectivity index (χ0) is 16.0. The van der Waals surface area contributed by atoms with Crippen molar-refractivity contribution >= 4 is 18.0 Å². The highest BCUT2D eigenvalue weighted by atomic mass is 16.5. The minimum Gasteiger partial charge on any atom is -0.480 e. The molecule has 0 aromatic heterocycles. The molecular weight excluding hydrogens is 280 g/mol. The Kier molecular flexibility index (Phi) is 6.41. The van der Waals surface area contributed by atoms with Gasteiger partial charge < -0.3 is 24.7 Å². The third kappa shape index (κ3) is 4.59. The summed E-state index contributed by atoms with van der Waals surface area (Å²) >= 11 is 0. The van der Waals surface area contributed by atoms with Crippen LogP contribution in [0.25, 0.3) is 0 Å². The van der Waals surface area contributed by atoms with Gasteiger partial charge in [-0.15, -0.1) is 0 Å². The number of β-amino-alcohol motifs (C(OH)–C–C–N with tert-alkyl or cyclic N) is 1. The second-order valence-corrected chi connectivity index (χ2v) is 4.91. The highest BCUT2D eigenvalue weighted by Gasteiger charge is 2.40. The van der Waals surface area contributed by atoms with E-state index in [4.69, 9.17) is 9.84 Å². The summed E-state index contributed by atoms with van der Waals surface area (Å²) in [5, 5.41) is 18.7. The third-order valence-electron chi connectivity index (χ3n) is 3.20. The van der Waals surface area contributed by atoms with Crippen molar-refractivity contribution in [2.45, 2.75) is 38.8 Å². The summed E-state index contributed by atoms with van der Waals surface area (Å²) in [4.78, 5) is 37.4. The molecule has 0 aromatic rings. The molecule has 8 heteroatoms. The van der Waals surface area contributed by atoms with Crippen molar-refractivity contribution in [1.82, 2.24) is 9.80 Å². The first-order valence-corrected chi connectivity index (χ1v) is 7.02. The summed E-state index contributed by atoms with van der Waals surface area (Å²) in [6, 6.07) is -1.62. The van der Waals surface area contributed by atoms with Gasteiger partial charge in [0, 0.05) is 19.5 Å². The largest absolute Gasteiger partial charge is 0.480 e. The predicted molar refractivity (Wildman–Crippen MR) is 72.6 cm³/mol. The van der Waals surface area contributed by atoms with Gasteiger partial charge >= 0.3 is 18.0 Å². The number of carbonyl (C=O) groups excluding carboxylic acids is 2. The predicted octanol–water partition coefficient (Wildman–Crippen LogP) is -0.0987. The monoisotopic (exact) mass is 302 g/mol. The Bertz CT molecular complexity index is 400. The number of nitrogens with zero attached hydrogens (tertiary/aromatic N) is 2. The van der Waals surface area contributed by atoms with E-state index in [9.17, 15) is 19.5 Å². The molecule has 1 aliphatic heterocycles. The summed E-state index contributed by atoms with van der Waals surface area (Å²) in [6.07, 6.45) is -0.235. The van der Waals surface area contributed by atoms with Crippen molar-refractivity contribution in [2.75, 3.05) is 26.2 Å². The summed E-state index contributed by atoms with van der Waals surface area (Å²) < 4.78 is 4.81. The summed E-state index contributed by atoms with van der Waals surface area (Å²) in [6.45, 7) is 3.78. The van der Waals surface area contributed by atoms with Crippen LogP contribution in [0.5, 0.6) is 0 Å². The number of ether oxygens (including phenoxy) is 1. The molecule has 2 atom stereocenters. The maximum Gasteiger partial charge on any atom is 0.326 e. The highest BCUT2D eigenvalue weighted by molar-refractivity contribution is 5.86. The lowest BCUT2D eigenvalue weighted by molar-refractivity contribution is -0.143. The Morgan fingerprint density at radius 1 is 1.33 bits per heavy atom. The van der Waals surface area contributed by atoms with Crippen LogP contribution in [0.3, 0.4) is 0 Å². The van der Waals surface area contributed by atoms with E-state index in [0.717, 1.165) is 4.90 Å². The van der Waals surface area contributed by atoms with Crippen LogP contribution in [0, 0.1) is 0 Å². The van der Waals surface area contributed by atoms with E-state index in [1.54, 1.807) is 6.92 Å². The van der Waals surface area contributed by atoms with E-state index in [1.807, 2.05) is 6.92 Å². The zero-order valence-electron chi connectivity index (χ0n) is 12.3. The third-order valence-corrected chi connectivity index (χ3v) is 3.20. The molecule has 2 N–H and O–H groups in total. The first-order chi connectivity index (χ1) is 9.90. The maximum atomic E-state index is 12.4. The van der Waals surface area contributed by atoms with Crippen LogP contribution in [-0.4, -0.2) is 76.4 Å². The van der Waals surface area contributed by atoms with E-state index in [2.05, 4.69) is 0 Å². The molecule has 0 saturated carbocycles. The number of aliphatic hydroxyl groups is 1. The van der Waals surface area contributed by atoms with Crippen molar-refractivity contribution in [3.05, 3.63) is 0 Å². The fourth-order valence-corrected chi connectivity index (χ4v) is 2.32. The smallest absolute Gasteiger partial charge is 0.326 e. The lowest BCUT2D eigenvalue weighted by Crippen LogP contribution is -2.50. The van der Waals surface area contributed by atoms with Gasteiger partial charge in [0.2, 0.25) is 0 Å². The number of rotatable bonds is 6. The Morgan fingerprint density at radius 3 is 2.52 bits per heavy atom. The zero-order valence-corrected chi connectivity index (χ0v) is 12.3. The fourth-order valence-electron chi connectivity index (χ4n) is 2.32. The molecule has 1 fully saturated rings. The second kappa shape index (κ2) is 7.82. The molecule has 2 amide bonds. The average molecular weight is 302 g/mol. The molecule has 1 aliphatic rings. The van der Waals surface area contributed by atoms with Crippen LogP contribution in [0.15, 0.2) is 0 Å². The van der Waals surface area contributed by atoms with Gasteiger partial charge in [-0.1, -0.05) is 6.92 Å². The summed E-state index contributed by atoms with van der Waals surface area (Å²) in [5.74, 6) is -1.70. The molecule has 0 spiro atoms. The van der Waals surface area contributed by atoms with Gasteiger partial charge in [0.1, 0.15) is 12.6 Å². The lowest BCUT2D eigenvalue weighted by atomic mass is 10.2. The van der Waals surface area contributed by atoms with Crippen LogP contribution >= 0.6 is 0 Å². The number of likely N-dealkylation sites (tertiary alicyclic amines) is 1. The Balaban J connectivity index is 2.79. The molecule has 0 aromatic carbocycles. The molecular formula is C13H22N2O6. The van der Waals surface area contributed by atoms with Gasteiger partial charge in [0.15, 0.2) is 0 Å². The topological polar surface area (TPSA) is 107 Å². The average Bonchev–Trinajstić information content (AvgIpc) is 2.80. The molecule has 0 aliphatic carbocycles. The molecule has 1 heterocycles. The molecule has 21 heavy (non-hydrogen) atoms. The minimum absolute atomic E-state index is 0.000441. The van der Waals surface area contributed by atoms with Crippen LogP contribution in [0.4, 0.5) is 4.79 Å². The number of esters is 1. The van der Waals surface area contributed by atoms with Crippen LogP contribution in [0.2, 0.25) is 0 Å². The van der Waals surface area contributed by atoms with Gasteiger partial charge in [-0.05, 0) is 13.3 Å². The standard InChI is InChI=1S/C13H22N2O6/c1-3-5-14(8-11(17)21-4-2)13(20)15-7-9(16)6-10(15)12(18)19/h9-10,16H,3-8H2,1-2H3,(H,18,19)/t9?,10-/m0/s1. The quantitative estimate of drug-likeness (QED) is 0.664. The van der Waals surface area contributed by atoms with E-state index in [-0.39, 0.29) is 26.1 Å². The second-order valence-electron chi connectivity index (χ2n) is 4.91. The molecule has 1 saturated heterocycles. The lowest BCUT2D eigenvalue weighted by Gasteiger charge is -2.29. The number of aliphatic hydroxyl groups excluding tert-OH is 1. The number of carboxylic acids is 1. The minimum atomic E-state index is -1.16. The highest BCUT2D eigenvalue weighted by Crippen LogP contribution is 2.20. The Hall–Kier alpha value is -1.83. The first-order valence-electron chi connectivity index (χ1n) is 7.02. The number of urea groups is 1. The first kappa shape index (κ1) is 17.2. The molecule has 1 rings (SSSR count). The number of hydrogen-bond acceptors (Lipinski definition) is 5. The molecule has 0 bridgehead atoms. The van der Waals surface area contributed by atoms with E-state index >= 15 is 0 Å². The van der Waals surface area contributed by atoms with Crippen molar-refractivity contribution in [2.24, 2.45) is 0 Å². The summed E-state index contributed by atoms with van der Waals surface area (Å²) in [5.41, 5.74) is 0. The maximum absolute atomic E-state index is 12.4. The number of carboxylic acid groups (broad SMARTS) is 1. The van der Waals surface area contributed by atoms with E-state index in [1.165, 1.54) is 4.90 Å². The van der Waals surface area contributed by atoms with Gasteiger partial charge in [0.25, 0.3) is 0 Å². The van der Waals surface area contributed by atoms with Crippen molar-refractivity contribution in [1.29, 1.82) is 0 Å². The summed E-state index contributed by atoms with van der Waals surface area (Å²) in [7, 11) is 0. The number of aliphatic carboxylic acids is 1. The molecule has 120 valence electrons. The van der Waals surface area contributed by atoms with Gasteiger partial charge in [-0.3, -0.25) is 4.79 Å². The van der Waals surface area contributed by atoms with Crippen LogP contribution in [-0.2, 0) is 14.3 Å². The SMILES string of the molecule is CCCN(CC(=O)OCC)C(=O)N1CC(O)C[C@H]1C(=O)O. The fraction of sp³-hybridized carbons (Fsp3) is 0.769. The molecule has 8 nitrogen and oxygen atoms in total. The van der Waals surface area contributed by atoms with E-state index in [0.29, 0.717) is 13.0 Å². The van der Waals surface area contributed by atoms with E-state index < -0.39 is 30.1 Å². The van der Waals surface area contributed by atoms with Gasteiger partial charge in [-0.25, -0.2) is 9.59 Å².